The van der Waals surface area contributed by atoms with Crippen LogP contribution >= 0.6 is 0 Å². The van der Waals surface area contributed by atoms with Crippen molar-refractivity contribution in [2.75, 3.05) is 19.7 Å². The van der Waals surface area contributed by atoms with Crippen molar-refractivity contribution in [1.29, 1.82) is 0 Å². The van der Waals surface area contributed by atoms with Crippen molar-refractivity contribution < 1.29 is 27.9 Å². The molecule has 0 amide bonds. The molecule has 118 valence electrons. The maximum atomic E-state index is 11.9. The highest BCUT2D eigenvalue weighted by Gasteiger charge is 2.28. The van der Waals surface area contributed by atoms with Crippen molar-refractivity contribution >= 4 is 22.1 Å². The smallest absolute Gasteiger partial charge is 0.321 e. The Balaban J connectivity index is 4.70. The van der Waals surface area contributed by atoms with Gasteiger partial charge in [-0.05, 0) is 13.3 Å². The summed E-state index contributed by atoms with van der Waals surface area (Å²) in [6, 6.07) is -1.36. The van der Waals surface area contributed by atoms with Crippen LogP contribution in [0.1, 0.15) is 33.6 Å². The van der Waals surface area contributed by atoms with Gasteiger partial charge in [0.15, 0.2) is 0 Å². The lowest BCUT2D eigenvalue weighted by Gasteiger charge is -2.22. The molecule has 0 radical (unpaired) electrons. The van der Waals surface area contributed by atoms with E-state index in [4.69, 9.17) is 5.11 Å². The van der Waals surface area contributed by atoms with Crippen molar-refractivity contribution in [3.05, 3.63) is 0 Å². The Kier molecular flexibility index (Phi) is 8.35. The van der Waals surface area contributed by atoms with E-state index >= 15 is 0 Å². The number of hydrogen-bond acceptors (Lipinski definition) is 5. The molecule has 0 rings (SSSR count). The summed E-state index contributed by atoms with van der Waals surface area (Å²) in [7, 11) is -3.88. The molecular weight excluding hydrogens is 288 g/mol. The molecule has 20 heavy (non-hydrogen) atoms. The molecule has 0 aromatic rings. The monoisotopic (exact) mass is 310 g/mol. The van der Waals surface area contributed by atoms with Gasteiger partial charge in [-0.25, -0.2) is 0 Å². The summed E-state index contributed by atoms with van der Waals surface area (Å²) in [6.45, 7) is 5.59. The van der Waals surface area contributed by atoms with Gasteiger partial charge in [0.25, 0.3) is 10.2 Å². The van der Waals surface area contributed by atoms with E-state index in [0.29, 0.717) is 0 Å². The molecule has 0 aliphatic rings. The fourth-order valence-corrected chi connectivity index (χ4v) is 2.95. The molecule has 0 fully saturated rings. The number of carbonyl (C=O) groups is 2. The predicted molar refractivity (Wildman–Crippen MR) is 72.3 cm³/mol. The molecule has 1 atom stereocenters. The first-order valence-electron chi connectivity index (χ1n) is 6.44. The minimum Gasteiger partial charge on any atom is -0.480 e. The van der Waals surface area contributed by atoms with E-state index in [1.807, 2.05) is 0 Å². The van der Waals surface area contributed by atoms with Gasteiger partial charge >= 0.3 is 11.9 Å². The average molecular weight is 310 g/mol. The van der Waals surface area contributed by atoms with E-state index in [0.717, 1.165) is 4.31 Å². The highest BCUT2D eigenvalue weighted by Crippen LogP contribution is 2.05. The molecule has 0 saturated heterocycles. The van der Waals surface area contributed by atoms with Gasteiger partial charge in [0, 0.05) is 19.5 Å². The second-order valence-corrected chi connectivity index (χ2v) is 5.64. The van der Waals surface area contributed by atoms with Gasteiger partial charge < -0.3 is 9.84 Å². The Morgan fingerprint density at radius 2 is 1.80 bits per heavy atom. The Morgan fingerprint density at radius 1 is 1.25 bits per heavy atom. The third kappa shape index (κ3) is 6.31. The zero-order valence-electron chi connectivity index (χ0n) is 12.0. The van der Waals surface area contributed by atoms with Crippen LogP contribution in [0.2, 0.25) is 0 Å². The maximum Gasteiger partial charge on any atom is 0.321 e. The molecule has 8 nitrogen and oxygen atoms in total. The van der Waals surface area contributed by atoms with Gasteiger partial charge in [-0.15, -0.1) is 0 Å². The molecular formula is C11H22N2O6S. The number of rotatable bonds is 10. The van der Waals surface area contributed by atoms with E-state index in [9.17, 15) is 18.0 Å². The summed E-state index contributed by atoms with van der Waals surface area (Å²) in [6.07, 6.45) is -0.319. The molecule has 0 bridgehead atoms. The molecule has 0 aliphatic carbocycles. The van der Waals surface area contributed by atoms with Crippen molar-refractivity contribution in [3.63, 3.8) is 0 Å². The third-order valence-electron chi connectivity index (χ3n) is 2.58. The van der Waals surface area contributed by atoms with E-state index in [-0.39, 0.29) is 32.5 Å². The number of hydrogen-bond donors (Lipinski definition) is 2. The zero-order valence-corrected chi connectivity index (χ0v) is 12.8. The third-order valence-corrected chi connectivity index (χ3v) is 4.36. The van der Waals surface area contributed by atoms with Crippen LogP contribution in [0, 0.1) is 0 Å². The molecule has 0 heterocycles. The van der Waals surface area contributed by atoms with Crippen molar-refractivity contribution in [2.45, 2.75) is 39.7 Å². The number of carboxylic acids is 1. The number of carboxylic acid groups (broad SMARTS) is 1. The van der Waals surface area contributed by atoms with E-state index in [2.05, 4.69) is 9.46 Å². The van der Waals surface area contributed by atoms with Crippen LogP contribution in [0.15, 0.2) is 0 Å². The van der Waals surface area contributed by atoms with E-state index in [1.54, 1.807) is 20.8 Å². The SMILES string of the molecule is CCOC(=O)CC[C@H](NS(=O)(=O)N(CC)CC)C(=O)O. The summed E-state index contributed by atoms with van der Waals surface area (Å²) in [5.74, 6) is -1.88. The highest BCUT2D eigenvalue weighted by molar-refractivity contribution is 7.87. The topological polar surface area (TPSA) is 113 Å². The van der Waals surface area contributed by atoms with Gasteiger partial charge in [0.1, 0.15) is 6.04 Å². The lowest BCUT2D eigenvalue weighted by molar-refractivity contribution is -0.144. The second kappa shape index (κ2) is 8.88. The number of esters is 1. The van der Waals surface area contributed by atoms with E-state index < -0.39 is 28.2 Å². The number of carbonyl (C=O) groups excluding carboxylic acids is 1. The van der Waals surface area contributed by atoms with Crippen LogP contribution in [0.3, 0.4) is 0 Å². The van der Waals surface area contributed by atoms with Crippen molar-refractivity contribution in [3.8, 4) is 0 Å². The number of aliphatic carboxylic acids is 1. The largest absolute Gasteiger partial charge is 0.480 e. The first-order chi connectivity index (χ1) is 9.28. The van der Waals surface area contributed by atoms with Gasteiger partial charge in [-0.3, -0.25) is 9.59 Å². The second-order valence-electron chi connectivity index (χ2n) is 3.94. The minimum atomic E-state index is -3.88. The summed E-state index contributed by atoms with van der Waals surface area (Å²) < 4.78 is 31.7. The molecule has 9 heteroatoms. The lowest BCUT2D eigenvalue weighted by atomic mass is 10.2. The van der Waals surface area contributed by atoms with Gasteiger partial charge in [0.2, 0.25) is 0 Å². The fraction of sp³-hybridized carbons (Fsp3) is 0.818. The lowest BCUT2D eigenvalue weighted by Crippen LogP contribution is -2.48. The van der Waals surface area contributed by atoms with Gasteiger partial charge in [-0.2, -0.15) is 17.4 Å². The van der Waals surface area contributed by atoms with Crippen molar-refractivity contribution in [1.82, 2.24) is 9.03 Å². The summed E-state index contributed by atoms with van der Waals surface area (Å²) in [5.41, 5.74) is 0. The number of nitrogens with one attached hydrogen (secondary N) is 1. The Hall–Kier alpha value is -1.19. The molecule has 0 aromatic heterocycles. The Bertz CT molecular complexity index is 419. The van der Waals surface area contributed by atoms with Crippen molar-refractivity contribution in [2.24, 2.45) is 0 Å². The molecule has 0 saturated carbocycles. The zero-order chi connectivity index (χ0) is 15.8. The maximum absolute atomic E-state index is 11.9. The highest BCUT2D eigenvalue weighted by atomic mass is 32.2. The summed E-state index contributed by atoms with van der Waals surface area (Å²) >= 11 is 0. The molecule has 2 N–H and O–H groups in total. The van der Waals surface area contributed by atoms with Gasteiger partial charge in [-0.1, -0.05) is 13.8 Å². The predicted octanol–water partition coefficient (Wildman–Crippen LogP) is -0.0409. The average Bonchev–Trinajstić information content (AvgIpc) is 2.35. The van der Waals surface area contributed by atoms with Gasteiger partial charge in [0.05, 0.1) is 6.61 Å². The Morgan fingerprint density at radius 3 is 2.20 bits per heavy atom. The normalized spacial score (nSPS) is 13.2. The van der Waals surface area contributed by atoms with Crippen LogP contribution in [-0.4, -0.2) is 55.5 Å². The summed E-state index contributed by atoms with van der Waals surface area (Å²) in [5, 5.41) is 9.01. The molecule has 0 spiro atoms. The van der Waals surface area contributed by atoms with Crippen LogP contribution in [0.5, 0.6) is 0 Å². The first-order valence-corrected chi connectivity index (χ1v) is 7.88. The standard InChI is InChI=1S/C11H22N2O6S/c1-4-13(5-2)20(17,18)12-9(11(15)16)7-8-10(14)19-6-3/h9,12H,4-8H2,1-3H3,(H,15,16)/t9-/m0/s1. The van der Waals surface area contributed by atoms with Crippen LogP contribution in [0.25, 0.3) is 0 Å². The first kappa shape index (κ1) is 18.8. The van der Waals surface area contributed by atoms with Crippen LogP contribution in [-0.2, 0) is 24.5 Å². The molecule has 0 aliphatic heterocycles. The van der Waals surface area contributed by atoms with Crippen LogP contribution < -0.4 is 4.72 Å². The number of ether oxygens (including phenoxy) is 1. The minimum absolute atomic E-state index is 0.158. The molecule has 0 unspecified atom stereocenters. The molecule has 0 aromatic carbocycles. The van der Waals surface area contributed by atoms with Crippen LogP contribution in [0.4, 0.5) is 0 Å². The van der Waals surface area contributed by atoms with E-state index in [1.165, 1.54) is 0 Å². The summed E-state index contributed by atoms with van der Waals surface area (Å²) in [4.78, 5) is 22.2. The number of nitrogens with zero attached hydrogens (tertiary/aromatic N) is 1. The quantitative estimate of drug-likeness (QED) is 0.547. The fourth-order valence-electron chi connectivity index (χ4n) is 1.55. The Labute approximate surface area is 119 Å².